The highest BCUT2D eigenvalue weighted by atomic mass is 32.1. The largest absolute Gasteiger partial charge is 0.393 e. The highest BCUT2D eigenvalue weighted by molar-refractivity contribution is 7.09. The van der Waals surface area contributed by atoms with Crippen LogP contribution in [-0.2, 0) is 11.2 Å². The van der Waals surface area contributed by atoms with E-state index in [1.807, 2.05) is 0 Å². The molecule has 3 heteroatoms. The predicted molar refractivity (Wildman–Crippen MR) is 62.2 cm³/mol. The summed E-state index contributed by atoms with van der Waals surface area (Å²) in [7, 11) is 0. The molecule has 1 aliphatic rings. The van der Waals surface area contributed by atoms with Gasteiger partial charge in [-0.05, 0) is 43.0 Å². The molecule has 1 aliphatic heterocycles. The van der Waals surface area contributed by atoms with E-state index in [2.05, 4.69) is 17.5 Å². The summed E-state index contributed by atoms with van der Waals surface area (Å²) < 4.78 is 5.30. The minimum atomic E-state index is -0.154. The fraction of sp³-hybridized carbons (Fsp3) is 0.667. The maximum absolute atomic E-state index is 9.86. The number of thiophene rings is 1. The molecule has 2 rings (SSSR count). The summed E-state index contributed by atoms with van der Waals surface area (Å²) in [6, 6.07) is 4.20. The minimum Gasteiger partial charge on any atom is -0.393 e. The molecular weight excluding hydrogens is 208 g/mol. The van der Waals surface area contributed by atoms with Crippen molar-refractivity contribution in [2.75, 3.05) is 13.2 Å². The summed E-state index contributed by atoms with van der Waals surface area (Å²) in [5.74, 6) is 0.586. The predicted octanol–water partition coefficient (Wildman–Crippen LogP) is 2.47. The Morgan fingerprint density at radius 3 is 3.20 bits per heavy atom. The van der Waals surface area contributed by atoms with Crippen LogP contribution in [0.1, 0.15) is 24.1 Å². The first-order valence-corrected chi connectivity index (χ1v) is 6.51. The first kappa shape index (κ1) is 11.1. The molecule has 0 saturated carbocycles. The molecule has 0 radical (unpaired) electrons. The molecule has 2 atom stereocenters. The topological polar surface area (TPSA) is 29.5 Å². The molecule has 0 spiro atoms. The van der Waals surface area contributed by atoms with Crippen molar-refractivity contribution in [3.05, 3.63) is 22.4 Å². The molecule has 84 valence electrons. The highest BCUT2D eigenvalue weighted by Crippen LogP contribution is 2.21. The van der Waals surface area contributed by atoms with Gasteiger partial charge in [0.2, 0.25) is 0 Å². The third-order valence-corrected chi connectivity index (χ3v) is 3.87. The van der Waals surface area contributed by atoms with E-state index in [1.165, 1.54) is 4.88 Å². The first-order valence-electron chi connectivity index (χ1n) is 5.63. The van der Waals surface area contributed by atoms with Crippen molar-refractivity contribution in [1.82, 2.24) is 0 Å². The summed E-state index contributed by atoms with van der Waals surface area (Å²) in [4.78, 5) is 1.37. The van der Waals surface area contributed by atoms with Crippen molar-refractivity contribution in [1.29, 1.82) is 0 Å². The van der Waals surface area contributed by atoms with Crippen LogP contribution in [-0.4, -0.2) is 24.4 Å². The second kappa shape index (κ2) is 5.64. The van der Waals surface area contributed by atoms with E-state index in [-0.39, 0.29) is 6.10 Å². The van der Waals surface area contributed by atoms with Crippen molar-refractivity contribution in [2.45, 2.75) is 31.8 Å². The molecule has 1 N–H and O–H groups in total. The summed E-state index contributed by atoms with van der Waals surface area (Å²) in [5, 5.41) is 11.9. The van der Waals surface area contributed by atoms with Crippen molar-refractivity contribution >= 4 is 11.3 Å². The van der Waals surface area contributed by atoms with E-state index in [0.29, 0.717) is 5.92 Å². The molecule has 0 bridgehead atoms. The van der Waals surface area contributed by atoms with Crippen molar-refractivity contribution < 1.29 is 9.84 Å². The van der Waals surface area contributed by atoms with Crippen LogP contribution in [0.2, 0.25) is 0 Å². The highest BCUT2D eigenvalue weighted by Gasteiger charge is 2.19. The Labute approximate surface area is 94.9 Å². The molecule has 1 saturated heterocycles. The van der Waals surface area contributed by atoms with Gasteiger partial charge in [0, 0.05) is 18.1 Å². The Balaban J connectivity index is 1.66. The van der Waals surface area contributed by atoms with E-state index in [9.17, 15) is 5.11 Å². The van der Waals surface area contributed by atoms with Crippen LogP contribution < -0.4 is 0 Å². The number of ether oxygens (including phenoxy) is 1. The van der Waals surface area contributed by atoms with Crippen LogP contribution in [0.25, 0.3) is 0 Å². The Bertz CT molecular complexity index is 265. The number of aliphatic hydroxyl groups is 1. The smallest absolute Gasteiger partial charge is 0.0547 e. The quantitative estimate of drug-likeness (QED) is 0.835. The number of rotatable bonds is 5. The number of hydrogen-bond acceptors (Lipinski definition) is 3. The van der Waals surface area contributed by atoms with Gasteiger partial charge < -0.3 is 9.84 Å². The number of aryl methyl sites for hydroxylation is 1. The van der Waals surface area contributed by atoms with Gasteiger partial charge in [0.05, 0.1) is 6.10 Å². The minimum absolute atomic E-state index is 0.154. The zero-order valence-corrected chi connectivity index (χ0v) is 9.71. The average molecular weight is 226 g/mol. The van der Waals surface area contributed by atoms with Crippen LogP contribution in [0.15, 0.2) is 17.5 Å². The van der Waals surface area contributed by atoms with Crippen LogP contribution >= 0.6 is 11.3 Å². The average Bonchev–Trinajstić information content (AvgIpc) is 2.86. The molecular formula is C12H18O2S. The number of hydrogen-bond donors (Lipinski definition) is 1. The summed E-state index contributed by atoms with van der Waals surface area (Å²) in [5.41, 5.74) is 0. The lowest BCUT2D eigenvalue weighted by Crippen LogP contribution is -2.14. The van der Waals surface area contributed by atoms with E-state index < -0.39 is 0 Å². The molecule has 1 aromatic rings. The molecule has 2 heterocycles. The van der Waals surface area contributed by atoms with E-state index in [4.69, 9.17) is 4.74 Å². The summed E-state index contributed by atoms with van der Waals surface area (Å²) in [6.45, 7) is 1.72. The first-order chi connectivity index (χ1) is 7.34. The zero-order valence-electron chi connectivity index (χ0n) is 8.89. The van der Waals surface area contributed by atoms with E-state index in [1.54, 1.807) is 11.3 Å². The van der Waals surface area contributed by atoms with Gasteiger partial charge in [-0.3, -0.25) is 0 Å². The maximum Gasteiger partial charge on any atom is 0.0547 e. The molecule has 2 nitrogen and oxygen atoms in total. The normalized spacial score (nSPS) is 23.1. The van der Waals surface area contributed by atoms with Crippen LogP contribution in [0.5, 0.6) is 0 Å². The second-order valence-corrected chi connectivity index (χ2v) is 5.27. The number of aliphatic hydroxyl groups excluding tert-OH is 1. The molecule has 1 fully saturated rings. The maximum atomic E-state index is 9.86. The van der Waals surface area contributed by atoms with Crippen molar-refractivity contribution in [3.8, 4) is 0 Å². The van der Waals surface area contributed by atoms with E-state index >= 15 is 0 Å². The van der Waals surface area contributed by atoms with Crippen LogP contribution in [0.4, 0.5) is 0 Å². The van der Waals surface area contributed by atoms with Crippen molar-refractivity contribution in [3.63, 3.8) is 0 Å². The Kier molecular flexibility index (Phi) is 4.18. The molecule has 0 aliphatic carbocycles. The van der Waals surface area contributed by atoms with Gasteiger partial charge in [0.1, 0.15) is 0 Å². The molecule has 0 aromatic carbocycles. The van der Waals surface area contributed by atoms with Gasteiger partial charge in [-0.25, -0.2) is 0 Å². The third-order valence-electron chi connectivity index (χ3n) is 2.93. The van der Waals surface area contributed by atoms with Gasteiger partial charge in [-0.15, -0.1) is 11.3 Å². The summed E-state index contributed by atoms with van der Waals surface area (Å²) in [6.07, 6.45) is 3.77. The van der Waals surface area contributed by atoms with Gasteiger partial charge in [0.25, 0.3) is 0 Å². The molecule has 0 amide bonds. The lowest BCUT2D eigenvalue weighted by atomic mass is 9.98. The molecule has 1 aromatic heterocycles. The second-order valence-electron chi connectivity index (χ2n) is 4.24. The summed E-state index contributed by atoms with van der Waals surface area (Å²) >= 11 is 1.77. The van der Waals surface area contributed by atoms with Crippen molar-refractivity contribution in [2.24, 2.45) is 5.92 Å². The van der Waals surface area contributed by atoms with E-state index in [0.717, 1.165) is 38.9 Å². The fourth-order valence-electron chi connectivity index (χ4n) is 2.04. The van der Waals surface area contributed by atoms with Gasteiger partial charge in [0.15, 0.2) is 0 Å². The lowest BCUT2D eigenvalue weighted by molar-refractivity contribution is 0.122. The standard InChI is InChI=1S/C12H18O2S/c13-11(8-10-5-6-14-9-10)3-4-12-2-1-7-15-12/h1-2,7,10-11,13H,3-6,8-9H2. The van der Waals surface area contributed by atoms with Gasteiger partial charge in [-0.1, -0.05) is 6.07 Å². The Morgan fingerprint density at radius 2 is 2.53 bits per heavy atom. The third kappa shape index (κ3) is 3.59. The Morgan fingerprint density at radius 1 is 1.60 bits per heavy atom. The SMILES string of the molecule is OC(CCc1cccs1)CC1CCOC1. The molecule has 15 heavy (non-hydrogen) atoms. The fourth-order valence-corrected chi connectivity index (χ4v) is 2.76. The molecule has 2 unspecified atom stereocenters. The van der Waals surface area contributed by atoms with Gasteiger partial charge >= 0.3 is 0 Å². The zero-order chi connectivity index (χ0) is 10.5. The van der Waals surface area contributed by atoms with Gasteiger partial charge in [-0.2, -0.15) is 0 Å². The lowest BCUT2D eigenvalue weighted by Gasteiger charge is -2.13. The Hall–Kier alpha value is -0.380. The monoisotopic (exact) mass is 226 g/mol. The van der Waals surface area contributed by atoms with Crippen LogP contribution in [0.3, 0.4) is 0 Å². The van der Waals surface area contributed by atoms with Crippen LogP contribution in [0, 0.1) is 5.92 Å².